The van der Waals surface area contributed by atoms with Crippen molar-refractivity contribution in [2.75, 3.05) is 5.32 Å². The van der Waals surface area contributed by atoms with Crippen molar-refractivity contribution >= 4 is 12.2 Å². The van der Waals surface area contributed by atoms with Crippen LogP contribution in [0.25, 0.3) is 11.5 Å². The van der Waals surface area contributed by atoms with E-state index < -0.39 is 0 Å². The molecule has 7 heteroatoms. The van der Waals surface area contributed by atoms with Gasteiger partial charge in [-0.1, -0.05) is 12.6 Å². The number of hydrogen-bond acceptors (Lipinski definition) is 5. The minimum absolute atomic E-state index is 0.423. The van der Waals surface area contributed by atoms with E-state index in [2.05, 4.69) is 27.1 Å². The zero-order valence-corrected chi connectivity index (χ0v) is 9.70. The highest BCUT2D eigenvalue weighted by Crippen LogP contribution is 2.15. The third-order valence-electron chi connectivity index (χ3n) is 1.96. The highest BCUT2D eigenvalue weighted by Gasteiger charge is 2.10. The van der Waals surface area contributed by atoms with E-state index in [1.165, 1.54) is 11.1 Å². The van der Waals surface area contributed by atoms with Gasteiger partial charge < -0.3 is 10.2 Å². The molecule has 2 heterocycles. The summed E-state index contributed by atoms with van der Waals surface area (Å²) in [6.07, 6.45) is 1.97. The van der Waals surface area contributed by atoms with Crippen LogP contribution in [-0.4, -0.2) is 26.3 Å². The van der Waals surface area contributed by atoms with E-state index >= 15 is 0 Å². The zero-order chi connectivity index (χ0) is 13.0. The molecule has 1 amide bonds. The molecule has 0 saturated heterocycles. The largest absolute Gasteiger partial charge is 0.377 e. The molecule has 2 aromatic heterocycles. The second kappa shape index (κ2) is 5.09. The van der Waals surface area contributed by atoms with E-state index in [1.807, 2.05) is 0 Å². The number of aromatic nitrogens is 4. The average Bonchev–Trinajstić information content (AvgIpc) is 2.77. The molecule has 1 N–H and O–H groups in total. The molecular weight excluding hydrogens is 234 g/mol. The topological polar surface area (TPSA) is 81.9 Å². The Bertz CT molecular complexity index is 578. The number of rotatable bonds is 5. The lowest BCUT2D eigenvalue weighted by Gasteiger charge is -2.07. The Balaban J connectivity index is 2.36. The smallest absolute Gasteiger partial charge is 0.218 e. The van der Waals surface area contributed by atoms with E-state index in [-0.39, 0.29) is 0 Å². The van der Waals surface area contributed by atoms with Gasteiger partial charge in [-0.25, -0.2) is 4.98 Å². The summed E-state index contributed by atoms with van der Waals surface area (Å²) >= 11 is 0. The molecule has 18 heavy (non-hydrogen) atoms. The quantitative estimate of drug-likeness (QED) is 0.624. The number of hydrogen-bond donors (Lipinski definition) is 1. The maximum absolute atomic E-state index is 10.4. The minimum Gasteiger partial charge on any atom is -0.377 e. The van der Waals surface area contributed by atoms with Gasteiger partial charge in [0, 0.05) is 0 Å². The van der Waals surface area contributed by atoms with Crippen molar-refractivity contribution < 1.29 is 9.63 Å². The molecule has 0 fully saturated rings. The second-order valence-electron chi connectivity index (χ2n) is 3.44. The van der Waals surface area contributed by atoms with Crippen LogP contribution in [0.4, 0.5) is 5.82 Å². The van der Waals surface area contributed by atoms with Crippen LogP contribution >= 0.6 is 0 Å². The van der Waals surface area contributed by atoms with Gasteiger partial charge in [0.1, 0.15) is 17.3 Å². The Morgan fingerprint density at radius 3 is 3.11 bits per heavy atom. The summed E-state index contributed by atoms with van der Waals surface area (Å²) in [6, 6.07) is 5.14. The number of anilines is 1. The molecule has 0 aliphatic carbocycles. The number of carbonyl (C=O) groups is 1. The molecule has 92 valence electrons. The van der Waals surface area contributed by atoms with Crippen molar-refractivity contribution in [1.29, 1.82) is 0 Å². The molecule has 0 radical (unpaired) electrons. The SMILES string of the molecule is C=C(C)On1cnnc1-c1cccc(NC=O)n1. The first-order chi connectivity index (χ1) is 8.70. The van der Waals surface area contributed by atoms with Crippen LogP contribution in [0.15, 0.2) is 36.9 Å². The van der Waals surface area contributed by atoms with Gasteiger partial charge in [0.05, 0.1) is 0 Å². The fraction of sp³-hybridized carbons (Fsp3) is 0.0909. The molecule has 0 aromatic carbocycles. The monoisotopic (exact) mass is 245 g/mol. The number of carbonyl (C=O) groups excluding carboxylic acids is 1. The zero-order valence-electron chi connectivity index (χ0n) is 9.70. The summed E-state index contributed by atoms with van der Waals surface area (Å²) in [4.78, 5) is 19.9. The first-order valence-electron chi connectivity index (χ1n) is 5.12. The molecule has 0 bridgehead atoms. The lowest BCUT2D eigenvalue weighted by molar-refractivity contribution is -0.105. The number of nitrogens with one attached hydrogen (secondary N) is 1. The van der Waals surface area contributed by atoms with Gasteiger partial charge in [-0.2, -0.15) is 0 Å². The van der Waals surface area contributed by atoms with Crippen LogP contribution in [0, 0.1) is 0 Å². The molecule has 2 aromatic rings. The normalized spacial score (nSPS) is 9.83. The highest BCUT2D eigenvalue weighted by atomic mass is 16.7. The molecule has 0 aliphatic rings. The maximum Gasteiger partial charge on any atom is 0.218 e. The van der Waals surface area contributed by atoms with Crippen molar-refractivity contribution in [2.24, 2.45) is 0 Å². The first-order valence-corrected chi connectivity index (χ1v) is 5.12. The van der Waals surface area contributed by atoms with Gasteiger partial charge in [0.2, 0.25) is 12.2 Å². The Morgan fingerprint density at radius 2 is 2.39 bits per heavy atom. The summed E-state index contributed by atoms with van der Waals surface area (Å²) < 4.78 is 1.36. The third-order valence-corrected chi connectivity index (χ3v) is 1.96. The van der Waals surface area contributed by atoms with Gasteiger partial charge in [0.25, 0.3) is 0 Å². The molecule has 0 unspecified atom stereocenters. The van der Waals surface area contributed by atoms with Gasteiger partial charge in [-0.05, 0) is 19.1 Å². The molecule has 2 rings (SSSR count). The first kappa shape index (κ1) is 11.8. The molecule has 0 atom stereocenters. The van der Waals surface area contributed by atoms with E-state index in [0.29, 0.717) is 29.5 Å². The van der Waals surface area contributed by atoms with E-state index in [4.69, 9.17) is 4.84 Å². The summed E-state index contributed by atoms with van der Waals surface area (Å²) in [5.41, 5.74) is 0.528. The predicted octanol–water partition coefficient (Wildman–Crippen LogP) is 0.871. The maximum atomic E-state index is 10.4. The summed E-state index contributed by atoms with van der Waals surface area (Å²) in [6.45, 7) is 5.34. The number of amides is 1. The summed E-state index contributed by atoms with van der Waals surface area (Å²) in [5, 5.41) is 10.1. The van der Waals surface area contributed by atoms with Crippen molar-refractivity contribution in [3.63, 3.8) is 0 Å². The summed E-state index contributed by atoms with van der Waals surface area (Å²) in [5.74, 6) is 1.35. The molecule has 0 saturated carbocycles. The standard InChI is InChI=1S/C11H11N5O2/c1-8(2)18-16-6-13-15-11(16)9-4-3-5-10(14-9)12-7-17/h3-7H,1H2,2H3,(H,12,14,17). The molecule has 7 nitrogen and oxygen atoms in total. The van der Waals surface area contributed by atoms with Crippen LogP contribution in [-0.2, 0) is 4.79 Å². The highest BCUT2D eigenvalue weighted by molar-refractivity contribution is 5.69. The Labute approximate surface area is 103 Å². The van der Waals surface area contributed by atoms with Crippen LogP contribution in [0.2, 0.25) is 0 Å². The number of nitrogens with zero attached hydrogens (tertiary/aromatic N) is 4. The van der Waals surface area contributed by atoms with Gasteiger partial charge in [-0.3, -0.25) is 4.79 Å². The Hall–Kier alpha value is -2.70. The van der Waals surface area contributed by atoms with Crippen LogP contribution in [0.3, 0.4) is 0 Å². The fourth-order valence-electron chi connectivity index (χ4n) is 1.33. The van der Waals surface area contributed by atoms with Crippen molar-refractivity contribution in [3.8, 4) is 11.5 Å². The molecule has 0 aliphatic heterocycles. The number of allylic oxidation sites excluding steroid dienone is 1. The fourth-order valence-corrected chi connectivity index (χ4v) is 1.33. The lowest BCUT2D eigenvalue weighted by Crippen LogP contribution is -2.10. The van der Waals surface area contributed by atoms with E-state index in [1.54, 1.807) is 25.1 Å². The minimum atomic E-state index is 0.423. The van der Waals surface area contributed by atoms with Gasteiger partial charge >= 0.3 is 0 Å². The van der Waals surface area contributed by atoms with Gasteiger partial charge in [-0.15, -0.1) is 14.9 Å². The van der Waals surface area contributed by atoms with Crippen molar-refractivity contribution in [1.82, 2.24) is 19.9 Å². The Kier molecular flexibility index (Phi) is 3.33. The van der Waals surface area contributed by atoms with E-state index in [9.17, 15) is 4.79 Å². The lowest BCUT2D eigenvalue weighted by atomic mass is 10.3. The third kappa shape index (κ3) is 2.51. The predicted molar refractivity (Wildman–Crippen MR) is 64.3 cm³/mol. The van der Waals surface area contributed by atoms with E-state index in [0.717, 1.165) is 0 Å². The van der Waals surface area contributed by atoms with Crippen LogP contribution < -0.4 is 10.2 Å². The number of pyridine rings is 1. The molecule has 0 spiro atoms. The van der Waals surface area contributed by atoms with Crippen LogP contribution in [0.5, 0.6) is 0 Å². The second-order valence-corrected chi connectivity index (χ2v) is 3.44. The average molecular weight is 245 g/mol. The van der Waals surface area contributed by atoms with Crippen molar-refractivity contribution in [3.05, 3.63) is 36.9 Å². The van der Waals surface area contributed by atoms with Crippen molar-refractivity contribution in [2.45, 2.75) is 6.92 Å². The molecular formula is C11H11N5O2. The Morgan fingerprint density at radius 1 is 1.56 bits per heavy atom. The van der Waals surface area contributed by atoms with Crippen LogP contribution in [0.1, 0.15) is 6.92 Å². The summed E-state index contributed by atoms with van der Waals surface area (Å²) in [7, 11) is 0. The van der Waals surface area contributed by atoms with Gasteiger partial charge in [0.15, 0.2) is 6.33 Å².